The fourth-order valence-electron chi connectivity index (χ4n) is 6.86. The Balaban J connectivity index is 1.47. The summed E-state index contributed by atoms with van der Waals surface area (Å²) in [4.78, 5) is 0. The van der Waals surface area contributed by atoms with Crippen molar-refractivity contribution in [1.29, 1.82) is 0 Å². The van der Waals surface area contributed by atoms with Gasteiger partial charge in [-0.3, -0.25) is 4.52 Å². The minimum Gasteiger partial charge on any atom is -0.399 e. The quantitative estimate of drug-likeness (QED) is 0.137. The van der Waals surface area contributed by atoms with Gasteiger partial charge in [0.05, 0.1) is 6.35 Å². The lowest BCUT2D eigenvalue weighted by atomic mass is 9.97. The Morgan fingerprint density at radius 1 is 0.659 bits per heavy atom. The Morgan fingerprint density at radius 3 is 1.55 bits per heavy atom. The van der Waals surface area contributed by atoms with Gasteiger partial charge in [0.25, 0.3) is 0 Å². The van der Waals surface area contributed by atoms with E-state index in [0.29, 0.717) is 17.7 Å². The molecule has 0 amide bonds. The maximum Gasteiger partial charge on any atom is 0.387 e. The monoisotopic (exact) mass is 624 g/mol. The zero-order chi connectivity index (χ0) is 30.5. The summed E-state index contributed by atoms with van der Waals surface area (Å²) in [6, 6.07) is 31.3. The van der Waals surface area contributed by atoms with Gasteiger partial charge in [0, 0.05) is 22.1 Å². The fraction of sp³-hybridized carbons (Fsp3) is 0.385. The van der Waals surface area contributed by atoms with Crippen LogP contribution in [0.5, 0.6) is 0 Å². The first-order valence-corrected chi connectivity index (χ1v) is 19.2. The van der Waals surface area contributed by atoms with E-state index in [-0.39, 0.29) is 0 Å². The van der Waals surface area contributed by atoms with Crippen molar-refractivity contribution in [2.45, 2.75) is 90.4 Å². The van der Waals surface area contributed by atoms with Crippen molar-refractivity contribution < 1.29 is 12.9 Å². The highest BCUT2D eigenvalue weighted by atomic mass is 31.1. The Bertz CT molecular complexity index is 1610. The molecular weight excluding hydrogens is 578 g/mol. The van der Waals surface area contributed by atoms with E-state index in [1.54, 1.807) is 0 Å². The first kappa shape index (κ1) is 31.2. The van der Waals surface area contributed by atoms with Crippen LogP contribution in [-0.2, 0) is 12.8 Å². The molecule has 1 aromatic heterocycles. The number of unbranched alkanes of at least 4 members (excludes halogenated alkanes) is 2. The number of fused-ring (bicyclic) bond motifs is 3. The van der Waals surface area contributed by atoms with Gasteiger partial charge in [0.15, 0.2) is 0 Å². The summed E-state index contributed by atoms with van der Waals surface area (Å²) in [5.41, 5.74) is 10.8. The van der Waals surface area contributed by atoms with Gasteiger partial charge in [0.2, 0.25) is 0 Å². The first-order valence-electron chi connectivity index (χ1n) is 16.5. The average molecular weight is 625 g/mol. The smallest absolute Gasteiger partial charge is 0.387 e. The van der Waals surface area contributed by atoms with E-state index in [1.807, 2.05) is 0 Å². The third-order valence-electron chi connectivity index (χ3n) is 9.04. The highest BCUT2D eigenvalue weighted by Crippen LogP contribution is 2.70. The molecule has 0 spiro atoms. The van der Waals surface area contributed by atoms with Crippen molar-refractivity contribution in [3.8, 4) is 0 Å². The number of aryl methyl sites for hydroxylation is 4. The second-order valence-corrected chi connectivity index (χ2v) is 16.0. The molecule has 0 radical (unpaired) electrons. The van der Waals surface area contributed by atoms with E-state index in [2.05, 4.69) is 113 Å². The topological polar surface area (TPSA) is 35.5 Å². The summed E-state index contributed by atoms with van der Waals surface area (Å²) >= 11 is 0. The van der Waals surface area contributed by atoms with E-state index in [0.717, 1.165) is 60.5 Å². The molecule has 2 heterocycles. The van der Waals surface area contributed by atoms with Gasteiger partial charge >= 0.3 is 8.24 Å². The molecule has 1 saturated heterocycles. The second-order valence-electron chi connectivity index (χ2n) is 12.4. The summed E-state index contributed by atoms with van der Waals surface area (Å²) in [6.07, 6.45) is 9.57. The fourth-order valence-corrected chi connectivity index (χ4v) is 11.5. The van der Waals surface area contributed by atoms with Crippen LogP contribution in [0.15, 0.2) is 93.3 Å². The number of hydrogen-bond acceptors (Lipinski definition) is 3. The van der Waals surface area contributed by atoms with Gasteiger partial charge in [-0.25, -0.2) is 0 Å². The van der Waals surface area contributed by atoms with Crippen LogP contribution < -0.4 is 4.52 Å². The van der Waals surface area contributed by atoms with Gasteiger partial charge in [-0.15, -0.1) is 0 Å². The molecule has 5 heteroatoms. The lowest BCUT2D eigenvalue weighted by Crippen LogP contribution is -2.02. The SMILES string of the molecule is CCCCc1cc(C)cc2c1op(OCP1[C@@H](c3ccccc3)CC[C@H]1c1ccccc1)oc1c(CCCC)cc(C)cc12. The predicted octanol–water partition coefficient (Wildman–Crippen LogP) is 12.7. The van der Waals surface area contributed by atoms with Crippen molar-refractivity contribution in [3.63, 3.8) is 0 Å². The molecule has 0 N–H and O–H groups in total. The third-order valence-corrected chi connectivity index (χ3v) is 13.4. The highest BCUT2D eigenvalue weighted by molar-refractivity contribution is 7.59. The van der Waals surface area contributed by atoms with Crippen LogP contribution in [0.1, 0.15) is 97.1 Å². The van der Waals surface area contributed by atoms with Gasteiger partial charge < -0.3 is 8.39 Å². The van der Waals surface area contributed by atoms with Crippen LogP contribution in [0.2, 0.25) is 0 Å². The average Bonchev–Trinajstić information content (AvgIpc) is 3.40. The van der Waals surface area contributed by atoms with Crippen LogP contribution in [0.3, 0.4) is 0 Å². The lowest BCUT2D eigenvalue weighted by molar-refractivity contribution is 0.432. The summed E-state index contributed by atoms with van der Waals surface area (Å²) in [7, 11) is -2.13. The molecule has 5 aromatic rings. The lowest BCUT2D eigenvalue weighted by Gasteiger charge is -2.25. The van der Waals surface area contributed by atoms with E-state index in [1.165, 1.54) is 46.2 Å². The van der Waals surface area contributed by atoms with Crippen LogP contribution in [0.4, 0.5) is 0 Å². The molecule has 1 aliphatic heterocycles. The Labute approximate surface area is 265 Å². The van der Waals surface area contributed by atoms with E-state index >= 15 is 0 Å². The zero-order valence-corrected chi connectivity index (χ0v) is 28.5. The summed E-state index contributed by atoms with van der Waals surface area (Å²) in [5.74, 6) is 0. The van der Waals surface area contributed by atoms with Crippen molar-refractivity contribution in [1.82, 2.24) is 0 Å². The molecule has 3 atom stereocenters. The van der Waals surface area contributed by atoms with Gasteiger partial charge in [-0.2, -0.15) is 0 Å². The third kappa shape index (κ3) is 6.87. The molecule has 0 bridgehead atoms. The zero-order valence-electron chi connectivity index (χ0n) is 26.7. The first-order chi connectivity index (χ1) is 21.6. The van der Waals surface area contributed by atoms with Crippen LogP contribution in [0, 0.1) is 13.8 Å². The van der Waals surface area contributed by atoms with Crippen LogP contribution in [-0.4, -0.2) is 6.35 Å². The summed E-state index contributed by atoms with van der Waals surface area (Å²) < 4.78 is 20.7. The minimum absolute atomic E-state index is 0.503. The maximum absolute atomic E-state index is 6.89. The van der Waals surface area contributed by atoms with E-state index in [9.17, 15) is 0 Å². The van der Waals surface area contributed by atoms with Gasteiger partial charge in [0.1, 0.15) is 11.2 Å². The Hall–Kier alpha value is -2.83. The van der Waals surface area contributed by atoms with E-state index < -0.39 is 16.2 Å². The van der Waals surface area contributed by atoms with Crippen LogP contribution >= 0.6 is 16.2 Å². The van der Waals surface area contributed by atoms with Crippen molar-refractivity contribution >= 4 is 38.1 Å². The molecule has 0 saturated carbocycles. The van der Waals surface area contributed by atoms with Crippen molar-refractivity contribution in [3.05, 3.63) is 118 Å². The minimum atomic E-state index is -1.63. The molecule has 0 aliphatic carbocycles. The van der Waals surface area contributed by atoms with Gasteiger partial charge in [-0.05, 0) is 97.9 Å². The van der Waals surface area contributed by atoms with Gasteiger partial charge in [-0.1, -0.05) is 107 Å². The standard InChI is InChI=1S/C39H46O3P2/c1-5-7-15-32-23-28(3)25-34-35-26-29(4)24-33(16-8-6-2)39(35)42-44(41-38(32)34)40-27-43-36(30-17-11-9-12-18-30)21-22-37(43)31-19-13-10-14-20-31/h9-14,17-20,23-26,36-37H,5-8,15-16,21-22,27H2,1-4H3/t36-,37+,43?. The Kier molecular flexibility index (Phi) is 10.3. The summed E-state index contributed by atoms with van der Waals surface area (Å²) in [5, 5.41) is 2.30. The van der Waals surface area contributed by atoms with E-state index in [4.69, 9.17) is 12.9 Å². The second kappa shape index (κ2) is 14.5. The van der Waals surface area contributed by atoms with Crippen molar-refractivity contribution in [2.24, 2.45) is 0 Å². The Morgan fingerprint density at radius 2 is 1.11 bits per heavy atom. The molecule has 3 nitrogen and oxygen atoms in total. The molecule has 230 valence electrons. The largest absolute Gasteiger partial charge is 0.399 e. The molecule has 1 aliphatic rings. The molecule has 1 unspecified atom stereocenters. The number of rotatable bonds is 11. The normalized spacial score (nSPS) is 18.3. The molecule has 4 aromatic carbocycles. The number of benzene rings is 4. The molecule has 6 rings (SSSR count). The number of hydrogen-bond donors (Lipinski definition) is 0. The summed E-state index contributed by atoms with van der Waals surface area (Å²) in [6.45, 7) is 8.90. The molecule has 1 fully saturated rings. The van der Waals surface area contributed by atoms with Crippen LogP contribution in [0.25, 0.3) is 21.9 Å². The highest BCUT2D eigenvalue weighted by Gasteiger charge is 2.38. The maximum atomic E-state index is 6.89. The molecular formula is C39H46O3P2. The van der Waals surface area contributed by atoms with Crippen molar-refractivity contribution in [2.75, 3.05) is 6.35 Å². The molecule has 44 heavy (non-hydrogen) atoms. The predicted molar refractivity (Wildman–Crippen MR) is 189 cm³/mol.